The summed E-state index contributed by atoms with van der Waals surface area (Å²) in [5.41, 5.74) is 2.54. The number of nitrogens with one attached hydrogen (secondary N) is 2. The van der Waals surface area contributed by atoms with Crippen molar-refractivity contribution in [2.24, 2.45) is 5.18 Å². The first-order chi connectivity index (χ1) is 8.80. The standard InChI is InChI=1S/C12H19N3O3S/c1-5-13-11-7-6-10(14-16)8(2)12(11)9(3)15-19(4,17)18/h6-7,9,13,15H,5H2,1-4H3. The quantitative estimate of drug-likeness (QED) is 0.786. The summed E-state index contributed by atoms with van der Waals surface area (Å²) in [6.45, 7) is 6.14. The molecule has 0 aliphatic rings. The van der Waals surface area contributed by atoms with Gasteiger partial charge in [-0.1, -0.05) is 0 Å². The molecule has 0 radical (unpaired) electrons. The number of benzene rings is 1. The normalized spacial score (nSPS) is 13.1. The maximum atomic E-state index is 11.3. The predicted molar refractivity (Wildman–Crippen MR) is 77.2 cm³/mol. The lowest BCUT2D eigenvalue weighted by molar-refractivity contribution is 0.573. The second kappa shape index (κ2) is 6.12. The van der Waals surface area contributed by atoms with E-state index in [1.165, 1.54) is 0 Å². The van der Waals surface area contributed by atoms with Crippen LogP contribution in [0.15, 0.2) is 17.3 Å². The highest BCUT2D eigenvalue weighted by Gasteiger charge is 2.19. The third-order valence-corrected chi connectivity index (χ3v) is 3.56. The molecule has 19 heavy (non-hydrogen) atoms. The maximum Gasteiger partial charge on any atom is 0.209 e. The summed E-state index contributed by atoms with van der Waals surface area (Å²) in [5, 5.41) is 6.11. The fraction of sp³-hybridized carbons (Fsp3) is 0.500. The van der Waals surface area contributed by atoms with Gasteiger partial charge in [0.25, 0.3) is 0 Å². The van der Waals surface area contributed by atoms with Crippen molar-refractivity contribution in [2.75, 3.05) is 18.1 Å². The minimum atomic E-state index is -3.33. The van der Waals surface area contributed by atoms with Gasteiger partial charge in [0.15, 0.2) is 0 Å². The van der Waals surface area contributed by atoms with Gasteiger partial charge in [0.05, 0.1) is 6.26 Å². The van der Waals surface area contributed by atoms with Gasteiger partial charge in [-0.15, -0.1) is 4.91 Å². The number of nitrogens with zero attached hydrogens (tertiary/aromatic N) is 1. The molecule has 1 unspecified atom stereocenters. The smallest absolute Gasteiger partial charge is 0.209 e. The molecule has 1 atom stereocenters. The Morgan fingerprint density at radius 1 is 1.37 bits per heavy atom. The van der Waals surface area contributed by atoms with Crippen molar-refractivity contribution in [3.05, 3.63) is 28.2 Å². The van der Waals surface area contributed by atoms with Crippen molar-refractivity contribution in [2.45, 2.75) is 26.8 Å². The fourth-order valence-corrected chi connectivity index (χ4v) is 2.86. The lowest BCUT2D eigenvalue weighted by atomic mass is 9.99. The van der Waals surface area contributed by atoms with Crippen LogP contribution >= 0.6 is 0 Å². The SMILES string of the molecule is CCNc1ccc(N=O)c(C)c1C(C)NS(C)(=O)=O. The molecule has 0 saturated heterocycles. The van der Waals surface area contributed by atoms with Crippen LogP contribution in [0.1, 0.15) is 31.0 Å². The first-order valence-corrected chi connectivity index (χ1v) is 7.87. The molecule has 6 nitrogen and oxygen atoms in total. The molecule has 0 fully saturated rings. The van der Waals surface area contributed by atoms with Crippen LogP contribution in [0.2, 0.25) is 0 Å². The summed E-state index contributed by atoms with van der Waals surface area (Å²) in [6.07, 6.45) is 1.10. The summed E-state index contributed by atoms with van der Waals surface area (Å²) in [4.78, 5) is 10.7. The molecule has 1 rings (SSSR count). The molecule has 0 heterocycles. The number of sulfonamides is 1. The first kappa shape index (κ1) is 15.6. The van der Waals surface area contributed by atoms with Gasteiger partial charge in [-0.2, -0.15) is 0 Å². The summed E-state index contributed by atoms with van der Waals surface area (Å²) < 4.78 is 25.2. The Morgan fingerprint density at radius 2 is 2.00 bits per heavy atom. The van der Waals surface area contributed by atoms with Crippen LogP contribution in [0.4, 0.5) is 11.4 Å². The van der Waals surface area contributed by atoms with Crippen molar-refractivity contribution >= 4 is 21.4 Å². The summed E-state index contributed by atoms with van der Waals surface area (Å²) in [7, 11) is -3.33. The zero-order valence-corrected chi connectivity index (χ0v) is 12.3. The van der Waals surface area contributed by atoms with Gasteiger partial charge >= 0.3 is 0 Å². The van der Waals surface area contributed by atoms with E-state index >= 15 is 0 Å². The van der Waals surface area contributed by atoms with Crippen molar-refractivity contribution in [1.29, 1.82) is 0 Å². The molecular weight excluding hydrogens is 266 g/mol. The average molecular weight is 285 g/mol. The van der Waals surface area contributed by atoms with E-state index in [9.17, 15) is 13.3 Å². The van der Waals surface area contributed by atoms with Crippen LogP contribution in [0, 0.1) is 11.8 Å². The molecule has 1 aromatic carbocycles. The van der Waals surface area contributed by atoms with Crippen molar-refractivity contribution < 1.29 is 8.42 Å². The van der Waals surface area contributed by atoms with E-state index in [2.05, 4.69) is 15.2 Å². The molecular formula is C12H19N3O3S. The Labute approximate surface area is 113 Å². The molecule has 1 aromatic rings. The van der Waals surface area contributed by atoms with E-state index < -0.39 is 16.1 Å². The van der Waals surface area contributed by atoms with Gasteiger partial charge in [-0.3, -0.25) is 0 Å². The number of hydrogen-bond donors (Lipinski definition) is 2. The minimum absolute atomic E-state index is 0.318. The van der Waals surface area contributed by atoms with Crippen LogP contribution in [-0.2, 0) is 10.0 Å². The second-order valence-electron chi connectivity index (χ2n) is 4.40. The van der Waals surface area contributed by atoms with Crippen LogP contribution in [0.25, 0.3) is 0 Å². The first-order valence-electron chi connectivity index (χ1n) is 5.98. The zero-order valence-electron chi connectivity index (χ0n) is 11.5. The molecule has 2 N–H and O–H groups in total. The molecule has 0 saturated carbocycles. The maximum absolute atomic E-state index is 11.3. The Kier molecular flexibility index (Phi) is 5.02. The lowest BCUT2D eigenvalue weighted by Gasteiger charge is -2.20. The van der Waals surface area contributed by atoms with Crippen LogP contribution in [-0.4, -0.2) is 21.2 Å². The summed E-state index contributed by atoms with van der Waals surface area (Å²) in [5.74, 6) is 0. The van der Waals surface area contributed by atoms with Gasteiger partial charge < -0.3 is 5.32 Å². The fourth-order valence-electron chi connectivity index (χ4n) is 2.10. The van der Waals surface area contributed by atoms with E-state index in [1.807, 2.05) is 6.92 Å². The van der Waals surface area contributed by atoms with Crippen LogP contribution in [0.3, 0.4) is 0 Å². The van der Waals surface area contributed by atoms with Gasteiger partial charge in [0, 0.05) is 18.3 Å². The van der Waals surface area contributed by atoms with Crippen molar-refractivity contribution in [1.82, 2.24) is 4.72 Å². The van der Waals surface area contributed by atoms with E-state index in [4.69, 9.17) is 0 Å². The minimum Gasteiger partial charge on any atom is -0.385 e. The molecule has 0 aromatic heterocycles. The van der Waals surface area contributed by atoms with E-state index in [1.54, 1.807) is 26.0 Å². The van der Waals surface area contributed by atoms with E-state index in [0.717, 1.165) is 17.5 Å². The second-order valence-corrected chi connectivity index (χ2v) is 6.18. The predicted octanol–water partition coefficient (Wildman–Crippen LogP) is 2.43. The van der Waals surface area contributed by atoms with Gasteiger partial charge in [-0.25, -0.2) is 13.1 Å². The van der Waals surface area contributed by atoms with Gasteiger partial charge in [-0.05, 0) is 49.2 Å². The highest BCUT2D eigenvalue weighted by Crippen LogP contribution is 2.33. The molecule has 0 bridgehead atoms. The zero-order chi connectivity index (χ0) is 14.6. The monoisotopic (exact) mass is 285 g/mol. The topological polar surface area (TPSA) is 87.6 Å². The molecule has 0 amide bonds. The lowest BCUT2D eigenvalue weighted by Crippen LogP contribution is -2.26. The molecule has 0 spiro atoms. The van der Waals surface area contributed by atoms with Gasteiger partial charge in [0.2, 0.25) is 10.0 Å². The molecule has 7 heteroatoms. The van der Waals surface area contributed by atoms with Crippen molar-refractivity contribution in [3.63, 3.8) is 0 Å². The molecule has 0 aliphatic heterocycles. The average Bonchev–Trinajstić information content (AvgIpc) is 2.27. The number of hydrogen-bond acceptors (Lipinski definition) is 5. The molecule has 0 aliphatic carbocycles. The van der Waals surface area contributed by atoms with Crippen LogP contribution < -0.4 is 10.0 Å². The largest absolute Gasteiger partial charge is 0.385 e. The Morgan fingerprint density at radius 3 is 2.47 bits per heavy atom. The Hall–Kier alpha value is -1.47. The summed E-state index contributed by atoms with van der Waals surface area (Å²) in [6, 6.07) is 2.92. The third kappa shape index (κ3) is 4.00. The highest BCUT2D eigenvalue weighted by atomic mass is 32.2. The van der Waals surface area contributed by atoms with E-state index in [-0.39, 0.29) is 0 Å². The third-order valence-electron chi connectivity index (χ3n) is 2.78. The number of nitroso groups, excluding NO2 is 1. The Balaban J connectivity index is 3.31. The van der Waals surface area contributed by atoms with Crippen LogP contribution in [0.5, 0.6) is 0 Å². The highest BCUT2D eigenvalue weighted by molar-refractivity contribution is 7.88. The summed E-state index contributed by atoms with van der Waals surface area (Å²) >= 11 is 0. The van der Waals surface area contributed by atoms with E-state index in [0.29, 0.717) is 17.8 Å². The number of anilines is 1. The Bertz CT molecular complexity index is 570. The molecule has 106 valence electrons. The number of rotatable bonds is 6. The van der Waals surface area contributed by atoms with Gasteiger partial charge in [0.1, 0.15) is 5.69 Å². The van der Waals surface area contributed by atoms with Crippen molar-refractivity contribution in [3.8, 4) is 0 Å².